The molecule has 10 nitrogen and oxygen atoms in total. The lowest BCUT2D eigenvalue weighted by Crippen LogP contribution is -2.34. The highest BCUT2D eigenvalue weighted by molar-refractivity contribution is 7.47. The Balaban J connectivity index is 4.39. The number of hydrogen-bond acceptors (Lipinski definition) is 8. The van der Waals surface area contributed by atoms with Gasteiger partial charge in [-0.05, 0) is 83.5 Å². The third kappa shape index (κ3) is 42.8. The minimum Gasteiger partial charge on any atom is -0.480 e. The van der Waals surface area contributed by atoms with Crippen LogP contribution in [0.25, 0.3) is 0 Å². The summed E-state index contributed by atoms with van der Waals surface area (Å²) in [6.45, 7) is 3.61. The largest absolute Gasteiger partial charge is 0.480 e. The number of carbonyl (C=O) groups excluding carboxylic acids is 1. The zero-order valence-electron chi connectivity index (χ0n) is 36.6. The summed E-state index contributed by atoms with van der Waals surface area (Å²) in [6.07, 6.45) is 56.1. The Bertz CT molecular complexity index is 1300. The summed E-state index contributed by atoms with van der Waals surface area (Å²) in [4.78, 5) is 33.5. The van der Waals surface area contributed by atoms with Crippen LogP contribution in [0.15, 0.2) is 97.2 Å². The standard InChI is InChI=1S/C48H80NO9P/c1-3-5-7-9-11-13-15-17-19-21-23-24-26-28-30-32-34-36-38-40-47(50)58-45(43-56-59(53,54)57-44-46(49)48(51)52)42-55-41-39-37-35-33-31-29-27-25-22-20-18-16-14-12-10-8-6-4-2/h5,7,11-14,17-20,23-24,28,30,34,36,45-46H,3-4,6,8-10,15-16,21-22,25-27,29,31-33,35,37-44,49H2,1-2H3,(H,51,52)(H,53,54)/b7-5-,13-11-,14-12-,19-17-,20-18-,24-23-,30-28-,36-34-. The lowest BCUT2D eigenvalue weighted by Gasteiger charge is -2.20. The fourth-order valence-corrected chi connectivity index (χ4v) is 6.20. The van der Waals surface area contributed by atoms with Gasteiger partial charge in [-0.2, -0.15) is 0 Å². The lowest BCUT2D eigenvalue weighted by atomic mass is 10.1. The molecule has 0 spiro atoms. The molecule has 0 bridgehead atoms. The smallest absolute Gasteiger partial charge is 0.472 e. The van der Waals surface area contributed by atoms with Gasteiger partial charge in [0.05, 0.1) is 19.8 Å². The van der Waals surface area contributed by atoms with E-state index in [1.54, 1.807) is 0 Å². The van der Waals surface area contributed by atoms with Crippen molar-refractivity contribution in [2.45, 2.75) is 167 Å². The normalized spacial score (nSPS) is 14.8. The molecule has 0 aromatic carbocycles. The van der Waals surface area contributed by atoms with Crippen LogP contribution < -0.4 is 5.73 Å². The number of allylic oxidation sites excluding steroid dienone is 16. The van der Waals surface area contributed by atoms with E-state index in [9.17, 15) is 19.0 Å². The Kier molecular flexibility index (Phi) is 40.7. The monoisotopic (exact) mass is 846 g/mol. The van der Waals surface area contributed by atoms with Gasteiger partial charge in [-0.15, -0.1) is 0 Å². The molecule has 0 aromatic heterocycles. The van der Waals surface area contributed by atoms with E-state index in [0.29, 0.717) is 13.0 Å². The van der Waals surface area contributed by atoms with Crippen LogP contribution in [-0.4, -0.2) is 60.5 Å². The molecule has 0 fully saturated rings. The second-order valence-corrected chi connectivity index (χ2v) is 15.9. The maximum Gasteiger partial charge on any atom is 0.472 e. The summed E-state index contributed by atoms with van der Waals surface area (Å²) in [5.74, 6) is -1.88. The maximum absolute atomic E-state index is 12.6. The van der Waals surface area contributed by atoms with Crippen LogP contribution in [0.1, 0.15) is 155 Å². The second-order valence-electron chi connectivity index (χ2n) is 14.4. The SMILES string of the molecule is CC/C=C\C/C=C\C/C=C\C/C=C\C/C=C\C/C=C\CCC(=O)OC(COCCCCCCCCCC/C=C\C/C=C\CCCCC)COP(=O)(O)OCC(N)C(=O)O. The van der Waals surface area contributed by atoms with Gasteiger partial charge in [-0.3, -0.25) is 18.6 Å². The topological polar surface area (TPSA) is 155 Å². The molecule has 0 saturated heterocycles. The molecule has 59 heavy (non-hydrogen) atoms. The van der Waals surface area contributed by atoms with Gasteiger partial charge in [-0.1, -0.05) is 162 Å². The van der Waals surface area contributed by atoms with Crippen molar-refractivity contribution in [3.05, 3.63) is 97.2 Å². The highest BCUT2D eigenvalue weighted by Crippen LogP contribution is 2.43. The Labute approximate surface area is 358 Å². The molecule has 0 saturated carbocycles. The molecule has 11 heteroatoms. The molecule has 336 valence electrons. The van der Waals surface area contributed by atoms with E-state index in [1.807, 2.05) is 12.2 Å². The van der Waals surface area contributed by atoms with Crippen molar-refractivity contribution >= 4 is 19.8 Å². The van der Waals surface area contributed by atoms with Crippen molar-refractivity contribution in [2.24, 2.45) is 5.73 Å². The van der Waals surface area contributed by atoms with Crippen molar-refractivity contribution < 1.29 is 42.7 Å². The average Bonchev–Trinajstić information content (AvgIpc) is 3.21. The van der Waals surface area contributed by atoms with E-state index in [-0.39, 0.29) is 13.0 Å². The molecule has 3 atom stereocenters. The first-order valence-corrected chi connectivity index (χ1v) is 23.8. The minimum atomic E-state index is -4.65. The zero-order valence-corrected chi connectivity index (χ0v) is 37.4. The van der Waals surface area contributed by atoms with Crippen LogP contribution in [0.5, 0.6) is 0 Å². The van der Waals surface area contributed by atoms with Gasteiger partial charge in [0.15, 0.2) is 0 Å². The van der Waals surface area contributed by atoms with Gasteiger partial charge in [0, 0.05) is 13.0 Å². The summed E-state index contributed by atoms with van der Waals surface area (Å²) in [5, 5.41) is 8.90. The van der Waals surface area contributed by atoms with Crippen molar-refractivity contribution in [1.29, 1.82) is 0 Å². The van der Waals surface area contributed by atoms with Gasteiger partial charge in [-0.25, -0.2) is 4.57 Å². The average molecular weight is 846 g/mol. The number of carbonyl (C=O) groups is 2. The molecule has 0 aliphatic rings. The van der Waals surface area contributed by atoms with Crippen LogP contribution in [0.4, 0.5) is 0 Å². The number of aliphatic carboxylic acids is 1. The number of phosphoric ester groups is 1. The third-order valence-corrected chi connectivity index (χ3v) is 9.81. The predicted octanol–water partition coefficient (Wildman–Crippen LogP) is 12.5. The number of rotatable bonds is 41. The fraction of sp³-hybridized carbons (Fsp3) is 0.625. The summed E-state index contributed by atoms with van der Waals surface area (Å²) < 4.78 is 33.3. The number of unbranched alkanes of at least 4 members (excludes halogenated alkanes) is 11. The number of ether oxygens (including phenoxy) is 2. The quantitative estimate of drug-likeness (QED) is 0.0234. The van der Waals surface area contributed by atoms with Gasteiger partial charge >= 0.3 is 19.8 Å². The van der Waals surface area contributed by atoms with Crippen LogP contribution in [0.3, 0.4) is 0 Å². The molecular formula is C48H80NO9P. The van der Waals surface area contributed by atoms with E-state index in [2.05, 4.69) is 98.9 Å². The minimum absolute atomic E-state index is 0.0238. The highest BCUT2D eigenvalue weighted by atomic mass is 31.2. The molecule has 4 N–H and O–H groups in total. The lowest BCUT2D eigenvalue weighted by molar-refractivity contribution is -0.154. The number of nitrogens with two attached hydrogens (primary N) is 1. The molecule has 0 aliphatic heterocycles. The summed E-state index contributed by atoms with van der Waals surface area (Å²) >= 11 is 0. The number of carboxylic acids is 1. The molecule has 0 amide bonds. The first-order valence-electron chi connectivity index (χ1n) is 22.3. The molecule has 0 heterocycles. The van der Waals surface area contributed by atoms with E-state index in [4.69, 9.17) is 29.4 Å². The summed E-state index contributed by atoms with van der Waals surface area (Å²) in [5.41, 5.74) is 5.35. The summed E-state index contributed by atoms with van der Waals surface area (Å²) in [7, 11) is -4.65. The van der Waals surface area contributed by atoms with Gasteiger partial charge in [0.25, 0.3) is 0 Å². The Morgan fingerprint density at radius 2 is 0.983 bits per heavy atom. The number of hydrogen-bond donors (Lipinski definition) is 3. The fourth-order valence-electron chi connectivity index (χ4n) is 5.42. The molecule has 0 aliphatic carbocycles. The first-order chi connectivity index (χ1) is 28.7. The molecule has 3 unspecified atom stereocenters. The van der Waals surface area contributed by atoms with Crippen molar-refractivity contribution in [3.8, 4) is 0 Å². The van der Waals surface area contributed by atoms with Gasteiger partial charge < -0.3 is 25.2 Å². The van der Waals surface area contributed by atoms with Crippen LogP contribution in [0.2, 0.25) is 0 Å². The molecule has 0 aromatic rings. The first kappa shape index (κ1) is 55.9. The molecule has 0 radical (unpaired) electrons. The maximum atomic E-state index is 12.6. The van der Waals surface area contributed by atoms with Crippen molar-refractivity contribution in [1.82, 2.24) is 0 Å². The molecular weight excluding hydrogens is 766 g/mol. The predicted molar refractivity (Wildman–Crippen MR) is 244 cm³/mol. The Morgan fingerprint density at radius 3 is 1.47 bits per heavy atom. The Morgan fingerprint density at radius 1 is 0.559 bits per heavy atom. The van der Waals surface area contributed by atoms with Crippen molar-refractivity contribution in [2.75, 3.05) is 26.4 Å². The number of phosphoric acid groups is 1. The highest BCUT2D eigenvalue weighted by Gasteiger charge is 2.27. The van der Waals surface area contributed by atoms with Gasteiger partial charge in [0.1, 0.15) is 12.1 Å². The van der Waals surface area contributed by atoms with E-state index >= 15 is 0 Å². The van der Waals surface area contributed by atoms with Crippen molar-refractivity contribution in [3.63, 3.8) is 0 Å². The zero-order chi connectivity index (χ0) is 43.3. The van der Waals surface area contributed by atoms with Crippen LogP contribution >= 0.6 is 7.82 Å². The van der Waals surface area contributed by atoms with E-state index in [0.717, 1.165) is 70.6 Å². The van der Waals surface area contributed by atoms with Gasteiger partial charge in [0.2, 0.25) is 0 Å². The number of carboxylic acid groups (broad SMARTS) is 1. The Hall–Kier alpha value is -3.11. The molecule has 0 rings (SSSR count). The summed E-state index contributed by atoms with van der Waals surface area (Å²) in [6, 6.07) is -1.49. The third-order valence-electron chi connectivity index (χ3n) is 8.86. The van der Waals surface area contributed by atoms with Crippen LogP contribution in [-0.2, 0) is 32.7 Å². The second kappa shape index (κ2) is 43.0. The van der Waals surface area contributed by atoms with Crippen LogP contribution in [0, 0.1) is 0 Å². The van der Waals surface area contributed by atoms with E-state index in [1.165, 1.54) is 57.8 Å². The van der Waals surface area contributed by atoms with E-state index < -0.39 is 45.1 Å². The number of esters is 1.